The fourth-order valence-electron chi connectivity index (χ4n) is 5.06. The van der Waals surface area contributed by atoms with Gasteiger partial charge >= 0.3 is 0 Å². The number of nitrogens with zero attached hydrogens (tertiary/aromatic N) is 3. The molecule has 6 heteroatoms. The van der Waals surface area contributed by atoms with Crippen molar-refractivity contribution in [3.63, 3.8) is 0 Å². The van der Waals surface area contributed by atoms with Gasteiger partial charge in [-0.2, -0.15) is 0 Å². The molecule has 1 saturated heterocycles. The molecule has 1 aliphatic heterocycles. The van der Waals surface area contributed by atoms with Gasteiger partial charge in [-0.3, -0.25) is 4.79 Å². The van der Waals surface area contributed by atoms with E-state index in [4.69, 9.17) is 14.5 Å². The lowest BCUT2D eigenvalue weighted by atomic mass is 10.1. The van der Waals surface area contributed by atoms with Crippen LogP contribution in [0.4, 0.5) is 5.69 Å². The molecule has 3 aromatic carbocycles. The second kappa shape index (κ2) is 9.82. The van der Waals surface area contributed by atoms with Crippen LogP contribution in [0.1, 0.15) is 36.2 Å². The quantitative estimate of drug-likeness (QED) is 0.335. The number of hydrogen-bond donors (Lipinski definition) is 0. The molecule has 1 aromatic heterocycles. The number of hydrogen-bond acceptors (Lipinski definition) is 4. The summed E-state index contributed by atoms with van der Waals surface area (Å²) in [6.07, 6.45) is 0.450. The number of fused-ring (bicyclic) bond motifs is 1. The molecule has 1 atom stereocenters. The largest absolute Gasteiger partial charge is 0.490 e. The summed E-state index contributed by atoms with van der Waals surface area (Å²) in [5, 5.41) is 0. The normalized spacial score (nSPS) is 15.7. The summed E-state index contributed by atoms with van der Waals surface area (Å²) >= 11 is 0. The number of carbonyl (C=O) groups excluding carboxylic acids is 1. The third-order valence-electron chi connectivity index (χ3n) is 6.61. The Bertz CT molecular complexity index is 1340. The average molecular weight is 470 g/mol. The van der Waals surface area contributed by atoms with Gasteiger partial charge in [0.1, 0.15) is 12.4 Å². The number of anilines is 1. The fraction of sp³-hybridized carbons (Fsp3) is 0.310. The average Bonchev–Trinajstić information content (AvgIpc) is 3.41. The van der Waals surface area contributed by atoms with Crippen molar-refractivity contribution >= 4 is 22.6 Å². The molecule has 0 saturated carbocycles. The highest BCUT2D eigenvalue weighted by atomic mass is 16.5. The molecule has 6 nitrogen and oxygen atoms in total. The van der Waals surface area contributed by atoms with Crippen LogP contribution in [0.2, 0.25) is 0 Å². The van der Waals surface area contributed by atoms with E-state index in [2.05, 4.69) is 36.6 Å². The van der Waals surface area contributed by atoms with Crippen LogP contribution in [0, 0.1) is 13.8 Å². The minimum atomic E-state index is 0.0182. The lowest BCUT2D eigenvalue weighted by molar-refractivity contribution is -0.117. The number of benzene rings is 3. The lowest BCUT2D eigenvalue weighted by Crippen LogP contribution is -2.26. The van der Waals surface area contributed by atoms with Crippen LogP contribution in [0.25, 0.3) is 11.0 Å². The number of rotatable bonds is 8. The Balaban J connectivity index is 1.41. The van der Waals surface area contributed by atoms with Crippen LogP contribution in [-0.4, -0.2) is 35.2 Å². The summed E-state index contributed by atoms with van der Waals surface area (Å²) in [7, 11) is 0. The highest BCUT2D eigenvalue weighted by molar-refractivity contribution is 5.98. The zero-order chi connectivity index (χ0) is 24.4. The predicted octanol–water partition coefficient (Wildman–Crippen LogP) is 5.65. The second-order valence-electron chi connectivity index (χ2n) is 8.98. The molecule has 5 rings (SSSR count). The maximum absolute atomic E-state index is 13.1. The molecule has 0 N–H and O–H groups in total. The Labute approximate surface area is 206 Å². The molecule has 4 aromatic rings. The van der Waals surface area contributed by atoms with Gasteiger partial charge in [-0.25, -0.2) is 4.98 Å². The van der Waals surface area contributed by atoms with E-state index in [1.807, 2.05) is 60.4 Å². The van der Waals surface area contributed by atoms with E-state index < -0.39 is 0 Å². The second-order valence-corrected chi connectivity index (χ2v) is 8.98. The van der Waals surface area contributed by atoms with E-state index in [0.29, 0.717) is 32.7 Å². The SMILES string of the molecule is CCOc1ccccc1OCCn1c(C2CC(=O)N(c3c(C)cccc3C)C2)nc2ccccc21. The van der Waals surface area contributed by atoms with Crippen molar-refractivity contribution in [1.29, 1.82) is 0 Å². The van der Waals surface area contributed by atoms with Gasteiger partial charge in [0.25, 0.3) is 0 Å². The number of carbonyl (C=O) groups is 1. The number of amides is 1. The van der Waals surface area contributed by atoms with E-state index in [1.165, 1.54) is 0 Å². The third kappa shape index (κ3) is 4.48. The fourth-order valence-corrected chi connectivity index (χ4v) is 5.06. The van der Waals surface area contributed by atoms with Crippen molar-refractivity contribution in [2.75, 3.05) is 24.7 Å². The van der Waals surface area contributed by atoms with Crippen molar-refractivity contribution in [1.82, 2.24) is 9.55 Å². The summed E-state index contributed by atoms with van der Waals surface area (Å²) in [6.45, 7) is 8.41. The van der Waals surface area contributed by atoms with Gasteiger partial charge in [0.2, 0.25) is 5.91 Å². The molecule has 2 heterocycles. The molecule has 0 bridgehead atoms. The first kappa shape index (κ1) is 23.0. The van der Waals surface area contributed by atoms with Crippen molar-refractivity contribution in [3.05, 3.63) is 83.7 Å². The van der Waals surface area contributed by atoms with Gasteiger partial charge in [0.05, 0.1) is 24.2 Å². The smallest absolute Gasteiger partial charge is 0.227 e. The molecule has 1 unspecified atom stereocenters. The Morgan fingerprint density at radius 3 is 2.34 bits per heavy atom. The van der Waals surface area contributed by atoms with Crippen LogP contribution in [0.3, 0.4) is 0 Å². The summed E-state index contributed by atoms with van der Waals surface area (Å²) in [6, 6.07) is 22.0. The molecule has 1 aliphatic rings. The number of para-hydroxylation sites is 5. The topological polar surface area (TPSA) is 56.6 Å². The van der Waals surface area contributed by atoms with E-state index in [-0.39, 0.29) is 11.8 Å². The maximum atomic E-state index is 13.1. The minimum absolute atomic E-state index is 0.0182. The van der Waals surface area contributed by atoms with Crippen molar-refractivity contribution in [2.45, 2.75) is 39.7 Å². The van der Waals surface area contributed by atoms with Crippen LogP contribution >= 0.6 is 0 Å². The zero-order valence-electron chi connectivity index (χ0n) is 20.5. The van der Waals surface area contributed by atoms with Gasteiger partial charge < -0.3 is 18.9 Å². The van der Waals surface area contributed by atoms with E-state index in [1.54, 1.807) is 0 Å². The molecule has 180 valence electrons. The standard InChI is InChI=1S/C29H31N3O3/c1-4-34-25-14-7-8-15-26(25)35-17-16-31-24-13-6-5-12-23(24)30-29(31)22-18-27(33)32(19-22)28-20(2)10-9-11-21(28)3/h5-15,22H,4,16-19H2,1-3H3. The predicted molar refractivity (Wildman–Crippen MR) is 138 cm³/mol. The van der Waals surface area contributed by atoms with Crippen LogP contribution in [0.15, 0.2) is 66.7 Å². The number of aromatic nitrogens is 2. The van der Waals surface area contributed by atoms with E-state index in [0.717, 1.165) is 45.2 Å². The summed E-state index contributed by atoms with van der Waals surface area (Å²) in [4.78, 5) is 20.1. The molecule has 35 heavy (non-hydrogen) atoms. The first-order chi connectivity index (χ1) is 17.1. The van der Waals surface area contributed by atoms with Gasteiger partial charge in [0.15, 0.2) is 11.5 Å². The Morgan fingerprint density at radius 1 is 0.914 bits per heavy atom. The molecule has 1 amide bonds. The van der Waals surface area contributed by atoms with Gasteiger partial charge in [-0.15, -0.1) is 0 Å². The summed E-state index contributed by atoms with van der Waals surface area (Å²) in [5.41, 5.74) is 5.26. The van der Waals surface area contributed by atoms with Gasteiger partial charge in [0, 0.05) is 24.6 Å². The Hall–Kier alpha value is -3.80. The first-order valence-electron chi connectivity index (χ1n) is 12.2. The highest BCUT2D eigenvalue weighted by Gasteiger charge is 2.35. The lowest BCUT2D eigenvalue weighted by Gasteiger charge is -2.21. The van der Waals surface area contributed by atoms with Crippen molar-refractivity contribution in [2.24, 2.45) is 0 Å². The zero-order valence-corrected chi connectivity index (χ0v) is 20.5. The van der Waals surface area contributed by atoms with Crippen LogP contribution in [0.5, 0.6) is 11.5 Å². The molecule has 0 aliphatic carbocycles. The van der Waals surface area contributed by atoms with Crippen molar-refractivity contribution < 1.29 is 14.3 Å². The third-order valence-corrected chi connectivity index (χ3v) is 6.61. The Morgan fingerprint density at radius 2 is 1.60 bits per heavy atom. The number of aryl methyl sites for hydroxylation is 2. The number of ether oxygens (including phenoxy) is 2. The van der Waals surface area contributed by atoms with Crippen molar-refractivity contribution in [3.8, 4) is 11.5 Å². The maximum Gasteiger partial charge on any atom is 0.227 e. The molecular formula is C29H31N3O3. The minimum Gasteiger partial charge on any atom is -0.490 e. The first-order valence-corrected chi connectivity index (χ1v) is 12.2. The molecular weight excluding hydrogens is 438 g/mol. The molecule has 0 spiro atoms. The molecule has 1 fully saturated rings. The highest BCUT2D eigenvalue weighted by Crippen LogP contribution is 2.36. The van der Waals surface area contributed by atoms with E-state index in [9.17, 15) is 4.79 Å². The van der Waals surface area contributed by atoms with Crippen LogP contribution in [-0.2, 0) is 11.3 Å². The van der Waals surface area contributed by atoms with Gasteiger partial charge in [-0.05, 0) is 56.2 Å². The van der Waals surface area contributed by atoms with Gasteiger partial charge in [-0.1, -0.05) is 42.5 Å². The summed E-state index contributed by atoms with van der Waals surface area (Å²) in [5.74, 6) is 2.58. The Kier molecular flexibility index (Phi) is 6.45. The van der Waals surface area contributed by atoms with E-state index >= 15 is 0 Å². The molecule has 0 radical (unpaired) electrons. The van der Waals surface area contributed by atoms with Crippen LogP contribution < -0.4 is 14.4 Å². The number of imidazole rings is 1. The summed E-state index contributed by atoms with van der Waals surface area (Å²) < 4.78 is 14.0. The monoisotopic (exact) mass is 469 g/mol.